The molecule has 30 heavy (non-hydrogen) atoms. The van der Waals surface area contributed by atoms with E-state index in [9.17, 15) is 14.0 Å². The minimum absolute atomic E-state index is 0.00272. The minimum atomic E-state index is -0.778. The van der Waals surface area contributed by atoms with Gasteiger partial charge in [0, 0.05) is 24.8 Å². The summed E-state index contributed by atoms with van der Waals surface area (Å²) in [5, 5.41) is 1.88. The van der Waals surface area contributed by atoms with E-state index in [0.29, 0.717) is 42.1 Å². The van der Waals surface area contributed by atoms with Gasteiger partial charge in [0.1, 0.15) is 5.82 Å². The average Bonchev–Trinajstić information content (AvgIpc) is 3.32. The van der Waals surface area contributed by atoms with Crippen molar-refractivity contribution < 1.29 is 18.7 Å². The Bertz CT molecular complexity index is 1000. The monoisotopic (exact) mass is 424 g/mol. The normalized spacial score (nSPS) is 15.6. The lowest BCUT2D eigenvalue weighted by molar-refractivity contribution is -0.154. The molecule has 0 bridgehead atoms. The van der Waals surface area contributed by atoms with E-state index in [1.807, 2.05) is 17.5 Å². The van der Waals surface area contributed by atoms with Gasteiger partial charge in [-0.05, 0) is 48.6 Å². The van der Waals surface area contributed by atoms with Gasteiger partial charge in [0.25, 0.3) is 5.91 Å². The van der Waals surface area contributed by atoms with E-state index in [0.717, 1.165) is 0 Å². The molecule has 1 amide bonds. The van der Waals surface area contributed by atoms with Gasteiger partial charge in [-0.2, -0.15) is 0 Å². The van der Waals surface area contributed by atoms with Crippen molar-refractivity contribution in [3.63, 3.8) is 0 Å². The SMILES string of the molecule is O=C(OC(c1cccc(F)c1)c1ccccn1)C1CCN(C(=O)c2cccs2)CC1. The molecule has 1 fully saturated rings. The molecule has 1 aromatic carbocycles. The number of benzene rings is 1. The first-order chi connectivity index (χ1) is 14.6. The van der Waals surface area contributed by atoms with Gasteiger partial charge in [-0.1, -0.05) is 24.3 Å². The molecule has 7 heteroatoms. The summed E-state index contributed by atoms with van der Waals surface area (Å²) in [6.07, 6.45) is 1.91. The Morgan fingerprint density at radius 2 is 1.93 bits per heavy atom. The zero-order valence-corrected chi connectivity index (χ0v) is 17.1. The van der Waals surface area contributed by atoms with E-state index in [-0.39, 0.29) is 17.8 Å². The minimum Gasteiger partial charge on any atom is -0.451 e. The second-order valence-corrected chi connectivity index (χ2v) is 8.12. The van der Waals surface area contributed by atoms with E-state index >= 15 is 0 Å². The van der Waals surface area contributed by atoms with Gasteiger partial charge in [0.15, 0.2) is 6.10 Å². The molecule has 1 saturated heterocycles. The van der Waals surface area contributed by atoms with Crippen molar-refractivity contribution in [2.75, 3.05) is 13.1 Å². The highest BCUT2D eigenvalue weighted by Crippen LogP contribution is 2.29. The van der Waals surface area contributed by atoms with Gasteiger partial charge in [-0.3, -0.25) is 14.6 Å². The third kappa shape index (κ3) is 4.57. The summed E-state index contributed by atoms with van der Waals surface area (Å²) in [6.45, 7) is 1.01. The number of nitrogens with zero attached hydrogens (tertiary/aromatic N) is 2. The van der Waals surface area contributed by atoms with Gasteiger partial charge in [0.2, 0.25) is 0 Å². The topological polar surface area (TPSA) is 59.5 Å². The lowest BCUT2D eigenvalue weighted by atomic mass is 9.96. The molecule has 1 aliphatic heterocycles. The third-order valence-electron chi connectivity index (χ3n) is 5.19. The molecule has 0 radical (unpaired) electrons. The van der Waals surface area contributed by atoms with Crippen LogP contribution >= 0.6 is 11.3 Å². The number of rotatable bonds is 5. The fourth-order valence-corrected chi connectivity index (χ4v) is 4.28. The number of halogens is 1. The van der Waals surface area contributed by atoms with E-state index in [2.05, 4.69) is 4.98 Å². The summed E-state index contributed by atoms with van der Waals surface area (Å²) in [5.41, 5.74) is 1.08. The zero-order valence-electron chi connectivity index (χ0n) is 16.2. The molecule has 1 aliphatic rings. The molecule has 3 aromatic rings. The van der Waals surface area contributed by atoms with Gasteiger partial charge < -0.3 is 9.64 Å². The smallest absolute Gasteiger partial charge is 0.310 e. The van der Waals surface area contributed by atoms with Crippen molar-refractivity contribution in [1.82, 2.24) is 9.88 Å². The summed E-state index contributed by atoms with van der Waals surface area (Å²) >= 11 is 1.42. The van der Waals surface area contributed by atoms with Gasteiger partial charge >= 0.3 is 5.97 Å². The van der Waals surface area contributed by atoms with Gasteiger partial charge in [-0.15, -0.1) is 11.3 Å². The summed E-state index contributed by atoms with van der Waals surface area (Å²) < 4.78 is 19.6. The molecule has 1 unspecified atom stereocenters. The number of ether oxygens (including phenoxy) is 1. The van der Waals surface area contributed by atoms with Crippen LogP contribution in [-0.2, 0) is 9.53 Å². The van der Waals surface area contributed by atoms with E-state index < -0.39 is 11.9 Å². The second-order valence-electron chi connectivity index (χ2n) is 7.17. The Kier molecular flexibility index (Phi) is 6.18. The van der Waals surface area contributed by atoms with Crippen LogP contribution in [0.1, 0.15) is 39.9 Å². The van der Waals surface area contributed by atoms with Crippen LogP contribution in [0, 0.1) is 11.7 Å². The number of hydrogen-bond donors (Lipinski definition) is 0. The predicted octanol–water partition coefficient (Wildman–Crippen LogP) is 4.47. The van der Waals surface area contributed by atoms with Crippen molar-refractivity contribution in [2.45, 2.75) is 18.9 Å². The molecule has 0 saturated carbocycles. The molecule has 5 nitrogen and oxygen atoms in total. The third-order valence-corrected chi connectivity index (χ3v) is 6.05. The lowest BCUT2D eigenvalue weighted by Gasteiger charge is -2.31. The molecular formula is C23H21FN2O3S. The summed E-state index contributed by atoms with van der Waals surface area (Å²) in [4.78, 5) is 32.2. The highest BCUT2D eigenvalue weighted by atomic mass is 32.1. The Hall–Kier alpha value is -3.06. The number of likely N-dealkylation sites (tertiary alicyclic amines) is 1. The first-order valence-corrected chi connectivity index (χ1v) is 10.7. The first-order valence-electron chi connectivity index (χ1n) is 9.81. The van der Waals surface area contributed by atoms with E-state index in [1.165, 1.54) is 23.5 Å². The van der Waals surface area contributed by atoms with Crippen LogP contribution in [-0.4, -0.2) is 34.8 Å². The van der Waals surface area contributed by atoms with Crippen molar-refractivity contribution >= 4 is 23.2 Å². The molecule has 0 N–H and O–H groups in total. The van der Waals surface area contributed by atoms with Crippen molar-refractivity contribution in [3.05, 3.63) is 88.1 Å². The maximum absolute atomic E-state index is 13.8. The van der Waals surface area contributed by atoms with Crippen molar-refractivity contribution in [3.8, 4) is 0 Å². The number of hydrogen-bond acceptors (Lipinski definition) is 5. The quantitative estimate of drug-likeness (QED) is 0.567. The van der Waals surface area contributed by atoms with Crippen LogP contribution in [0.4, 0.5) is 4.39 Å². The number of amides is 1. The van der Waals surface area contributed by atoms with Crippen LogP contribution in [0.5, 0.6) is 0 Å². The molecule has 154 valence electrons. The molecule has 4 rings (SSSR count). The standard InChI is InChI=1S/C23H21FN2O3S/c24-18-6-3-5-17(15-18)21(19-7-1-2-11-25-19)29-23(28)16-9-12-26(13-10-16)22(27)20-8-4-14-30-20/h1-8,11,14-16,21H,9-10,12-13H2. The summed E-state index contributed by atoms with van der Waals surface area (Å²) in [5.74, 6) is -1.05. The molecule has 2 aromatic heterocycles. The van der Waals surface area contributed by atoms with Crippen LogP contribution < -0.4 is 0 Å². The highest BCUT2D eigenvalue weighted by molar-refractivity contribution is 7.12. The molecule has 0 spiro atoms. The number of aromatic nitrogens is 1. The van der Waals surface area contributed by atoms with Crippen molar-refractivity contribution in [1.29, 1.82) is 0 Å². The number of carbonyl (C=O) groups is 2. The number of thiophene rings is 1. The number of piperidine rings is 1. The van der Waals surface area contributed by atoms with E-state index in [1.54, 1.807) is 41.4 Å². The Labute approximate surface area is 178 Å². The number of esters is 1. The molecular weight excluding hydrogens is 403 g/mol. The van der Waals surface area contributed by atoms with Gasteiger partial charge in [-0.25, -0.2) is 4.39 Å². The summed E-state index contributed by atoms with van der Waals surface area (Å²) in [7, 11) is 0. The molecule has 0 aliphatic carbocycles. The van der Waals surface area contributed by atoms with Crippen LogP contribution in [0.15, 0.2) is 66.2 Å². The Morgan fingerprint density at radius 3 is 2.60 bits per heavy atom. The largest absolute Gasteiger partial charge is 0.451 e. The first kappa shape index (κ1) is 20.2. The van der Waals surface area contributed by atoms with Gasteiger partial charge in [0.05, 0.1) is 16.5 Å². The lowest BCUT2D eigenvalue weighted by Crippen LogP contribution is -2.40. The average molecular weight is 424 g/mol. The van der Waals surface area contributed by atoms with Crippen LogP contribution in [0.25, 0.3) is 0 Å². The zero-order chi connectivity index (χ0) is 20.9. The van der Waals surface area contributed by atoms with Crippen LogP contribution in [0.3, 0.4) is 0 Å². The Balaban J connectivity index is 1.44. The summed E-state index contributed by atoms with van der Waals surface area (Å²) in [6, 6.07) is 15.0. The highest BCUT2D eigenvalue weighted by Gasteiger charge is 2.31. The number of carbonyl (C=O) groups excluding carboxylic acids is 2. The fourth-order valence-electron chi connectivity index (χ4n) is 3.59. The second kappa shape index (κ2) is 9.17. The van der Waals surface area contributed by atoms with E-state index in [4.69, 9.17) is 4.74 Å². The fraction of sp³-hybridized carbons (Fsp3) is 0.261. The van der Waals surface area contributed by atoms with Crippen LogP contribution in [0.2, 0.25) is 0 Å². The maximum atomic E-state index is 13.8. The molecule has 1 atom stereocenters. The number of pyridine rings is 1. The van der Waals surface area contributed by atoms with Crippen molar-refractivity contribution in [2.24, 2.45) is 5.92 Å². The molecule has 3 heterocycles. The maximum Gasteiger partial charge on any atom is 0.310 e. The predicted molar refractivity (Wildman–Crippen MR) is 112 cm³/mol. The Morgan fingerprint density at radius 1 is 1.10 bits per heavy atom.